The van der Waals surface area contributed by atoms with Gasteiger partial charge in [-0.15, -0.1) is 0 Å². The topological polar surface area (TPSA) is 83.7 Å². The van der Waals surface area contributed by atoms with Gasteiger partial charge in [0, 0.05) is 24.0 Å². The van der Waals surface area contributed by atoms with Crippen LogP contribution in [-0.2, 0) is 9.53 Å². The number of carbonyl (C=O) groups is 2. The Morgan fingerprint density at radius 3 is 2.55 bits per heavy atom. The van der Waals surface area contributed by atoms with Crippen LogP contribution in [0.5, 0.6) is 5.75 Å². The van der Waals surface area contributed by atoms with E-state index in [2.05, 4.69) is 29.0 Å². The van der Waals surface area contributed by atoms with Crippen LogP contribution in [0.25, 0.3) is 10.9 Å². The Morgan fingerprint density at radius 2 is 1.90 bits per heavy atom. The van der Waals surface area contributed by atoms with Crippen molar-refractivity contribution >= 4 is 28.5 Å². The van der Waals surface area contributed by atoms with Gasteiger partial charge in [0.25, 0.3) is 0 Å². The highest BCUT2D eigenvalue weighted by Crippen LogP contribution is 2.32. The summed E-state index contributed by atoms with van der Waals surface area (Å²) in [7, 11) is 0. The fourth-order valence-corrected chi connectivity index (χ4v) is 4.22. The maximum atomic E-state index is 12.8. The van der Waals surface area contributed by atoms with E-state index in [0.717, 1.165) is 24.0 Å². The monoisotopic (exact) mass is 401 g/mol. The number of hydrogen-bond acceptors (Lipinski definition) is 5. The van der Waals surface area contributed by atoms with Gasteiger partial charge < -0.3 is 19.8 Å². The first kappa shape index (κ1) is 21.2. The number of ether oxygens (including phenoxy) is 2. The molecule has 1 fully saturated rings. The number of piperidine rings is 1. The quantitative estimate of drug-likeness (QED) is 0.692. The molecular formula is C22H31N3O4. The van der Waals surface area contributed by atoms with Gasteiger partial charge in [-0.05, 0) is 50.3 Å². The van der Waals surface area contributed by atoms with Crippen molar-refractivity contribution in [2.24, 2.45) is 11.8 Å². The molecule has 1 saturated heterocycles. The van der Waals surface area contributed by atoms with Crippen LogP contribution >= 0.6 is 0 Å². The third-order valence-electron chi connectivity index (χ3n) is 5.14. The van der Waals surface area contributed by atoms with Crippen LogP contribution in [0.4, 0.5) is 5.69 Å². The number of nitrogens with one attached hydrogen (secondary N) is 2. The highest BCUT2D eigenvalue weighted by molar-refractivity contribution is 6.11. The predicted octanol–water partition coefficient (Wildman–Crippen LogP) is 3.66. The molecule has 3 rings (SSSR count). The molecule has 0 bridgehead atoms. The highest BCUT2D eigenvalue weighted by Gasteiger charge is 2.25. The smallest absolute Gasteiger partial charge is 0.356 e. The average Bonchev–Trinajstić information content (AvgIpc) is 2.99. The van der Waals surface area contributed by atoms with E-state index in [9.17, 15) is 9.59 Å². The third kappa shape index (κ3) is 5.09. The van der Waals surface area contributed by atoms with Gasteiger partial charge in [0.05, 0.1) is 25.4 Å². The summed E-state index contributed by atoms with van der Waals surface area (Å²) in [6.07, 6.45) is 1.19. The van der Waals surface area contributed by atoms with Gasteiger partial charge in [-0.2, -0.15) is 0 Å². The molecule has 2 N–H and O–H groups in total. The highest BCUT2D eigenvalue weighted by atomic mass is 16.5. The number of aromatic nitrogens is 1. The number of hydrogen-bond donors (Lipinski definition) is 2. The van der Waals surface area contributed by atoms with Gasteiger partial charge in [0.2, 0.25) is 5.91 Å². The molecule has 1 aromatic heterocycles. The molecule has 2 heterocycles. The fraction of sp³-hybridized carbons (Fsp3) is 0.545. The van der Waals surface area contributed by atoms with Crippen LogP contribution < -0.4 is 10.1 Å². The Hall–Kier alpha value is -2.54. The standard InChI is InChI=1S/C22H31N3O4/c1-5-28-16-7-8-18-17(10-16)20(21(23-18)22(27)29-6-2)24-19(26)13-25-11-14(3)9-15(4)12-25/h7-8,10,14-15,23H,5-6,9,11-13H2,1-4H3,(H,24,26)/t14-,15-/m1/s1. The number of likely N-dealkylation sites (tertiary alicyclic amines) is 1. The van der Waals surface area contributed by atoms with E-state index in [1.165, 1.54) is 6.42 Å². The molecule has 7 nitrogen and oxygen atoms in total. The van der Waals surface area contributed by atoms with Crippen LogP contribution in [0.15, 0.2) is 18.2 Å². The zero-order chi connectivity index (χ0) is 21.0. The molecule has 0 saturated carbocycles. The summed E-state index contributed by atoms with van der Waals surface area (Å²) in [4.78, 5) is 30.5. The number of carbonyl (C=O) groups excluding carboxylic acids is 2. The summed E-state index contributed by atoms with van der Waals surface area (Å²) in [6, 6.07) is 5.50. The summed E-state index contributed by atoms with van der Waals surface area (Å²) >= 11 is 0. The van der Waals surface area contributed by atoms with Crippen LogP contribution in [-0.4, -0.2) is 54.6 Å². The predicted molar refractivity (Wildman–Crippen MR) is 113 cm³/mol. The van der Waals surface area contributed by atoms with Crippen molar-refractivity contribution in [1.29, 1.82) is 0 Å². The number of anilines is 1. The van der Waals surface area contributed by atoms with Crippen LogP contribution in [0.1, 0.15) is 44.6 Å². The van der Waals surface area contributed by atoms with Crippen LogP contribution in [0, 0.1) is 11.8 Å². The molecule has 0 aliphatic carbocycles. The molecule has 1 aliphatic heterocycles. The van der Waals surface area contributed by atoms with Crippen LogP contribution in [0.2, 0.25) is 0 Å². The van der Waals surface area contributed by atoms with Crippen molar-refractivity contribution < 1.29 is 19.1 Å². The number of rotatable bonds is 7. The average molecular weight is 402 g/mol. The van der Waals surface area contributed by atoms with E-state index >= 15 is 0 Å². The van der Waals surface area contributed by atoms with Gasteiger partial charge in [-0.25, -0.2) is 4.79 Å². The third-order valence-corrected chi connectivity index (χ3v) is 5.14. The van der Waals surface area contributed by atoms with Gasteiger partial charge in [0.1, 0.15) is 11.4 Å². The second-order valence-electron chi connectivity index (χ2n) is 7.92. The molecule has 1 aliphatic rings. The zero-order valence-corrected chi connectivity index (χ0v) is 17.7. The van der Waals surface area contributed by atoms with Crippen molar-refractivity contribution in [1.82, 2.24) is 9.88 Å². The molecule has 7 heteroatoms. The summed E-state index contributed by atoms with van der Waals surface area (Å²) in [5.41, 5.74) is 1.44. The number of fused-ring (bicyclic) bond motifs is 1. The minimum Gasteiger partial charge on any atom is -0.494 e. The Balaban J connectivity index is 1.86. The number of esters is 1. The van der Waals surface area contributed by atoms with E-state index in [4.69, 9.17) is 9.47 Å². The molecule has 2 atom stereocenters. The van der Waals surface area contributed by atoms with Crippen molar-refractivity contribution in [3.8, 4) is 5.75 Å². The Bertz CT molecular complexity index is 866. The minimum atomic E-state index is -0.489. The minimum absolute atomic E-state index is 0.139. The van der Waals surface area contributed by atoms with Crippen molar-refractivity contribution in [3.63, 3.8) is 0 Å². The Morgan fingerprint density at radius 1 is 1.17 bits per heavy atom. The molecule has 0 spiro atoms. The number of amides is 1. The SMILES string of the molecule is CCOC(=O)c1[nH]c2ccc(OCC)cc2c1NC(=O)CN1C[C@H](C)C[C@@H](C)C1. The van der Waals surface area contributed by atoms with Crippen molar-refractivity contribution in [2.45, 2.75) is 34.1 Å². The molecule has 1 aromatic carbocycles. The lowest BCUT2D eigenvalue weighted by atomic mass is 9.92. The summed E-state index contributed by atoms with van der Waals surface area (Å²) in [5, 5.41) is 3.68. The van der Waals surface area contributed by atoms with E-state index in [-0.39, 0.29) is 18.2 Å². The van der Waals surface area contributed by atoms with Gasteiger partial charge in [0.15, 0.2) is 0 Å². The first-order chi connectivity index (χ1) is 13.9. The van der Waals surface area contributed by atoms with Crippen molar-refractivity contribution in [3.05, 3.63) is 23.9 Å². The first-order valence-corrected chi connectivity index (χ1v) is 10.4. The lowest BCUT2D eigenvalue weighted by Gasteiger charge is -2.34. The second-order valence-corrected chi connectivity index (χ2v) is 7.92. The molecule has 1 amide bonds. The number of H-pyrrole nitrogens is 1. The maximum Gasteiger partial charge on any atom is 0.356 e. The van der Waals surface area contributed by atoms with E-state index < -0.39 is 5.97 Å². The lowest BCUT2D eigenvalue weighted by Crippen LogP contribution is -2.42. The van der Waals surface area contributed by atoms with E-state index in [1.54, 1.807) is 6.92 Å². The van der Waals surface area contributed by atoms with Gasteiger partial charge >= 0.3 is 5.97 Å². The largest absolute Gasteiger partial charge is 0.494 e. The lowest BCUT2D eigenvalue weighted by molar-refractivity contribution is -0.117. The maximum absolute atomic E-state index is 12.8. The fourth-order valence-electron chi connectivity index (χ4n) is 4.22. The van der Waals surface area contributed by atoms with Crippen LogP contribution in [0.3, 0.4) is 0 Å². The summed E-state index contributed by atoms with van der Waals surface area (Å²) in [6.45, 7) is 11.0. The molecule has 158 valence electrons. The zero-order valence-electron chi connectivity index (χ0n) is 17.7. The number of benzene rings is 1. The molecule has 0 unspecified atom stereocenters. The second kappa shape index (κ2) is 9.31. The van der Waals surface area contributed by atoms with Gasteiger partial charge in [-0.3, -0.25) is 9.69 Å². The van der Waals surface area contributed by atoms with E-state index in [1.807, 2.05) is 25.1 Å². The number of nitrogens with zero attached hydrogens (tertiary/aromatic N) is 1. The first-order valence-electron chi connectivity index (χ1n) is 10.4. The number of aromatic amines is 1. The van der Waals surface area contributed by atoms with Crippen molar-refractivity contribution in [2.75, 3.05) is 38.2 Å². The summed E-state index contributed by atoms with van der Waals surface area (Å²) in [5.74, 6) is 1.20. The summed E-state index contributed by atoms with van der Waals surface area (Å²) < 4.78 is 10.8. The molecule has 2 aromatic rings. The Labute approximate surface area is 171 Å². The van der Waals surface area contributed by atoms with Gasteiger partial charge in [-0.1, -0.05) is 13.8 Å². The normalized spacial score (nSPS) is 19.9. The Kier molecular flexibility index (Phi) is 6.79. The van der Waals surface area contributed by atoms with E-state index in [0.29, 0.717) is 36.4 Å². The molecule has 0 radical (unpaired) electrons. The molecule has 29 heavy (non-hydrogen) atoms. The molecular weight excluding hydrogens is 370 g/mol.